The van der Waals surface area contributed by atoms with Crippen molar-refractivity contribution in [3.63, 3.8) is 0 Å². The van der Waals surface area contributed by atoms with E-state index in [4.69, 9.17) is 5.11 Å². The molecule has 2 N–H and O–H groups in total. The fraction of sp³-hybridized carbons (Fsp3) is 0.375. The quantitative estimate of drug-likeness (QED) is 0.882. The largest absolute Gasteiger partial charge is 0.480 e. The van der Waals surface area contributed by atoms with Gasteiger partial charge >= 0.3 is 5.97 Å². The molecule has 0 radical (unpaired) electrons. The van der Waals surface area contributed by atoms with Gasteiger partial charge in [-0.25, -0.2) is 4.79 Å². The number of nitrogens with one attached hydrogen (secondary N) is 1. The summed E-state index contributed by atoms with van der Waals surface area (Å²) in [5.74, 6) is -1.14. The summed E-state index contributed by atoms with van der Waals surface area (Å²) < 4.78 is 0. The van der Waals surface area contributed by atoms with E-state index < -0.39 is 12.0 Å². The normalized spacial score (nSPS) is 18.2. The first kappa shape index (κ1) is 12.9. The highest BCUT2D eigenvalue weighted by atomic mass is 16.4. The number of carboxylic acids is 1. The predicted octanol–water partition coefficient (Wildman–Crippen LogP) is 2.24. The molecule has 0 aliphatic heterocycles. The summed E-state index contributed by atoms with van der Waals surface area (Å²) in [5.41, 5.74) is 2.84. The minimum atomic E-state index is -0.943. The number of allylic oxidation sites excluding steroid dienone is 1. The van der Waals surface area contributed by atoms with Crippen molar-refractivity contribution in [1.29, 1.82) is 0 Å². The lowest BCUT2D eigenvalue weighted by Crippen LogP contribution is -2.42. The van der Waals surface area contributed by atoms with Crippen LogP contribution in [0.15, 0.2) is 24.3 Å². The summed E-state index contributed by atoms with van der Waals surface area (Å²) in [6, 6.07) is 4.81. The zero-order chi connectivity index (χ0) is 14.1. The number of benzene rings is 1. The minimum absolute atomic E-state index is 0.0945. The Hall–Kier alpha value is -2.10. The third-order valence-electron chi connectivity index (χ3n) is 3.93. The number of fused-ring (bicyclic) bond motifs is 1. The number of carbonyl (C=O) groups is 2. The van der Waals surface area contributed by atoms with E-state index >= 15 is 0 Å². The first-order valence-electron chi connectivity index (χ1n) is 6.98. The molecule has 2 aliphatic rings. The average Bonchev–Trinajstić information content (AvgIpc) is 3.28. The molecule has 1 fully saturated rings. The topological polar surface area (TPSA) is 66.4 Å². The number of aryl methyl sites for hydroxylation is 1. The Morgan fingerprint density at radius 1 is 1.30 bits per heavy atom. The Kier molecular flexibility index (Phi) is 3.30. The molecule has 1 aromatic carbocycles. The second kappa shape index (κ2) is 5.12. The molecule has 104 valence electrons. The average molecular weight is 271 g/mol. The number of carboxylic acid groups (broad SMARTS) is 1. The number of amides is 1. The molecule has 4 heteroatoms. The zero-order valence-electron chi connectivity index (χ0n) is 11.1. The van der Waals surface area contributed by atoms with Gasteiger partial charge in [-0.1, -0.05) is 18.2 Å². The molecule has 0 bridgehead atoms. The van der Waals surface area contributed by atoms with E-state index in [9.17, 15) is 9.59 Å². The second-order valence-corrected chi connectivity index (χ2v) is 5.48. The summed E-state index contributed by atoms with van der Waals surface area (Å²) in [6.07, 6.45) is 7.86. The van der Waals surface area contributed by atoms with E-state index in [-0.39, 0.29) is 11.8 Å². The maximum absolute atomic E-state index is 12.2. The Morgan fingerprint density at radius 2 is 2.10 bits per heavy atom. The lowest BCUT2D eigenvalue weighted by atomic mass is 9.95. The minimum Gasteiger partial charge on any atom is -0.480 e. The van der Waals surface area contributed by atoms with Crippen molar-refractivity contribution >= 4 is 18.0 Å². The summed E-state index contributed by atoms with van der Waals surface area (Å²) in [6.45, 7) is 0. The van der Waals surface area contributed by atoms with E-state index in [0.29, 0.717) is 5.56 Å². The van der Waals surface area contributed by atoms with Gasteiger partial charge in [0.1, 0.15) is 6.04 Å². The molecule has 2 aliphatic carbocycles. The van der Waals surface area contributed by atoms with Crippen LogP contribution < -0.4 is 5.32 Å². The maximum atomic E-state index is 12.2. The van der Waals surface area contributed by atoms with Gasteiger partial charge in [-0.15, -0.1) is 0 Å². The number of aliphatic carboxylic acids is 1. The fourth-order valence-corrected chi connectivity index (χ4v) is 2.61. The van der Waals surface area contributed by atoms with Crippen molar-refractivity contribution in [2.75, 3.05) is 0 Å². The fourth-order valence-electron chi connectivity index (χ4n) is 2.61. The SMILES string of the molecule is O=C(NC(C(=O)O)C1CC1)c1ccc2c(c1)CCC=C2. The van der Waals surface area contributed by atoms with Gasteiger partial charge in [-0.05, 0) is 54.9 Å². The summed E-state index contributed by atoms with van der Waals surface area (Å²) >= 11 is 0. The third kappa shape index (κ3) is 2.59. The van der Waals surface area contributed by atoms with Gasteiger partial charge in [0.15, 0.2) is 0 Å². The molecule has 0 heterocycles. The number of hydrogen-bond donors (Lipinski definition) is 2. The van der Waals surface area contributed by atoms with Crippen LogP contribution in [0.25, 0.3) is 6.08 Å². The van der Waals surface area contributed by atoms with E-state index in [1.807, 2.05) is 12.1 Å². The maximum Gasteiger partial charge on any atom is 0.326 e. The monoisotopic (exact) mass is 271 g/mol. The highest BCUT2D eigenvalue weighted by Crippen LogP contribution is 2.33. The molecule has 1 amide bonds. The van der Waals surface area contributed by atoms with Crippen LogP contribution in [0.1, 0.15) is 40.7 Å². The highest BCUT2D eigenvalue weighted by molar-refractivity contribution is 5.97. The lowest BCUT2D eigenvalue weighted by molar-refractivity contribution is -0.139. The van der Waals surface area contributed by atoms with E-state index in [0.717, 1.165) is 36.8 Å². The first-order chi connectivity index (χ1) is 9.65. The van der Waals surface area contributed by atoms with Gasteiger partial charge in [0.2, 0.25) is 0 Å². The predicted molar refractivity (Wildman–Crippen MR) is 75.4 cm³/mol. The van der Waals surface area contributed by atoms with Gasteiger partial charge in [0, 0.05) is 5.56 Å². The van der Waals surface area contributed by atoms with E-state index in [1.165, 1.54) is 0 Å². The number of rotatable bonds is 4. The molecule has 0 aromatic heterocycles. The molecule has 0 saturated heterocycles. The molecule has 1 atom stereocenters. The van der Waals surface area contributed by atoms with Crippen LogP contribution in [0.2, 0.25) is 0 Å². The zero-order valence-corrected chi connectivity index (χ0v) is 11.1. The van der Waals surface area contributed by atoms with Crippen LogP contribution in [0, 0.1) is 5.92 Å². The lowest BCUT2D eigenvalue weighted by Gasteiger charge is -2.15. The molecular weight excluding hydrogens is 254 g/mol. The third-order valence-corrected chi connectivity index (χ3v) is 3.93. The molecule has 20 heavy (non-hydrogen) atoms. The molecule has 1 unspecified atom stereocenters. The smallest absolute Gasteiger partial charge is 0.326 e. The summed E-state index contributed by atoms with van der Waals surface area (Å²) in [5, 5.41) is 11.8. The summed E-state index contributed by atoms with van der Waals surface area (Å²) in [7, 11) is 0. The van der Waals surface area contributed by atoms with Crippen LogP contribution in [-0.2, 0) is 11.2 Å². The molecular formula is C16H17NO3. The van der Waals surface area contributed by atoms with Crippen molar-refractivity contribution in [3.05, 3.63) is 41.0 Å². The molecule has 4 nitrogen and oxygen atoms in total. The van der Waals surface area contributed by atoms with E-state index in [2.05, 4.69) is 17.5 Å². The first-order valence-corrected chi connectivity index (χ1v) is 6.98. The second-order valence-electron chi connectivity index (χ2n) is 5.48. The highest BCUT2D eigenvalue weighted by Gasteiger charge is 2.37. The molecule has 0 spiro atoms. The molecule has 1 aromatic rings. The van der Waals surface area contributed by atoms with E-state index in [1.54, 1.807) is 6.07 Å². The van der Waals surface area contributed by atoms with Crippen LogP contribution in [0.5, 0.6) is 0 Å². The van der Waals surface area contributed by atoms with Crippen molar-refractivity contribution in [3.8, 4) is 0 Å². The molecule has 3 rings (SSSR count). The number of carbonyl (C=O) groups excluding carboxylic acids is 1. The number of hydrogen-bond acceptors (Lipinski definition) is 2. The van der Waals surface area contributed by atoms with Crippen LogP contribution in [-0.4, -0.2) is 23.0 Å². The van der Waals surface area contributed by atoms with Crippen molar-refractivity contribution in [1.82, 2.24) is 5.32 Å². The Labute approximate surface area is 117 Å². The van der Waals surface area contributed by atoms with Crippen LogP contribution in [0.4, 0.5) is 0 Å². The van der Waals surface area contributed by atoms with Gasteiger partial charge in [0.25, 0.3) is 5.91 Å². The Bertz CT molecular complexity index is 587. The van der Waals surface area contributed by atoms with Gasteiger partial charge in [-0.3, -0.25) is 4.79 Å². The van der Waals surface area contributed by atoms with Crippen molar-refractivity contribution in [2.45, 2.75) is 31.7 Å². The van der Waals surface area contributed by atoms with Gasteiger partial charge in [0.05, 0.1) is 0 Å². The Balaban J connectivity index is 1.76. The molecule has 1 saturated carbocycles. The summed E-state index contributed by atoms with van der Waals surface area (Å²) in [4.78, 5) is 23.3. The standard InChI is InChI=1S/C16H17NO3/c18-15(17-14(16(19)20)11-6-7-11)13-8-5-10-3-1-2-4-12(10)9-13/h1,3,5,8-9,11,14H,2,4,6-7H2,(H,17,18)(H,19,20). The van der Waals surface area contributed by atoms with Gasteiger partial charge < -0.3 is 10.4 Å². The van der Waals surface area contributed by atoms with Gasteiger partial charge in [-0.2, -0.15) is 0 Å². The van der Waals surface area contributed by atoms with Crippen molar-refractivity contribution < 1.29 is 14.7 Å². The van der Waals surface area contributed by atoms with Crippen molar-refractivity contribution in [2.24, 2.45) is 5.92 Å². The Morgan fingerprint density at radius 3 is 2.80 bits per heavy atom. The van der Waals surface area contributed by atoms with Crippen LogP contribution >= 0.6 is 0 Å². The van der Waals surface area contributed by atoms with Crippen LogP contribution in [0.3, 0.4) is 0 Å².